The van der Waals surface area contributed by atoms with Crippen LogP contribution in [0, 0.1) is 0 Å². The van der Waals surface area contributed by atoms with E-state index in [9.17, 15) is 9.59 Å². The summed E-state index contributed by atoms with van der Waals surface area (Å²) in [6.45, 7) is 17.6. The van der Waals surface area contributed by atoms with Crippen molar-refractivity contribution in [1.82, 2.24) is 10.6 Å². The van der Waals surface area contributed by atoms with Gasteiger partial charge in [-0.25, -0.2) is 0 Å². The minimum Gasteiger partial charge on any atom is -0.511 e. The number of hydrogen-bond donors (Lipinski definition) is 4. The lowest BCUT2D eigenvalue weighted by Gasteiger charge is -2.13. The normalized spacial score (nSPS) is 10.7. The fraction of sp³-hybridized carbons (Fsp3) is 0.739. The van der Waals surface area contributed by atoms with Gasteiger partial charge in [-0.1, -0.05) is 27.0 Å². The number of hydrogen-bond acceptors (Lipinski definition) is 10. The molecule has 0 aromatic heterocycles. The highest BCUT2D eigenvalue weighted by atomic mass is 16.5. The predicted octanol–water partition coefficient (Wildman–Crippen LogP) is 1.36. The van der Waals surface area contributed by atoms with E-state index in [0.29, 0.717) is 65.3 Å². The fourth-order valence-electron chi connectivity index (χ4n) is 1.85. The molecule has 0 saturated carbocycles. The maximum atomic E-state index is 10.4. The summed E-state index contributed by atoms with van der Waals surface area (Å²) in [5, 5.41) is 15.1. The van der Waals surface area contributed by atoms with Crippen LogP contribution in [0.3, 0.4) is 0 Å². The Bertz CT molecular complexity index is 477. The van der Waals surface area contributed by atoms with Gasteiger partial charge in [0.05, 0.1) is 45.7 Å². The maximum absolute atomic E-state index is 10.4. The molecule has 0 amide bonds. The largest absolute Gasteiger partial charge is 0.511 e. The standard InChI is InChI=1S/C13H24N2O4.C8H17NO3.C2H6/c1-11(3-4-13(14)12(2)17)15-5-7-18-9-10-19-8-6-16;1-8(10)7-12-6-5-11-4-3-9-2;1-2/h6,13,15,17H,1-5,7-10,14H2;9H,3-7H2,1-2H3;1-2H3. The van der Waals surface area contributed by atoms with Crippen molar-refractivity contribution in [3.8, 4) is 0 Å². The fourth-order valence-corrected chi connectivity index (χ4v) is 1.85. The molecule has 0 radical (unpaired) electrons. The van der Waals surface area contributed by atoms with Crippen LogP contribution in [0.1, 0.15) is 33.6 Å². The van der Waals surface area contributed by atoms with Crippen molar-refractivity contribution in [3.63, 3.8) is 0 Å². The molecule has 0 fully saturated rings. The van der Waals surface area contributed by atoms with Gasteiger partial charge in [-0.2, -0.15) is 0 Å². The molecule has 5 N–H and O–H groups in total. The van der Waals surface area contributed by atoms with Crippen molar-refractivity contribution >= 4 is 12.1 Å². The minimum atomic E-state index is -0.412. The van der Waals surface area contributed by atoms with E-state index in [1.54, 1.807) is 0 Å². The Kier molecular flexibility index (Phi) is 32.7. The number of ketones is 1. The van der Waals surface area contributed by atoms with Crippen LogP contribution in [0.5, 0.6) is 0 Å². The van der Waals surface area contributed by atoms with Crippen LogP contribution in [0.25, 0.3) is 0 Å². The number of nitrogens with two attached hydrogens (primary N) is 1. The second-order valence-corrected chi connectivity index (χ2v) is 6.49. The molecule has 1 atom stereocenters. The number of allylic oxidation sites excluding steroid dienone is 1. The maximum Gasteiger partial charge on any atom is 0.155 e. The van der Waals surface area contributed by atoms with Crippen molar-refractivity contribution in [3.05, 3.63) is 24.6 Å². The third-order valence-electron chi connectivity index (χ3n) is 3.54. The number of aliphatic hydroxyl groups is 1. The Labute approximate surface area is 199 Å². The topological polar surface area (TPSA) is 141 Å². The average molecular weight is 478 g/mol. The zero-order valence-electron chi connectivity index (χ0n) is 21.0. The van der Waals surface area contributed by atoms with Gasteiger partial charge in [-0.05, 0) is 26.8 Å². The van der Waals surface area contributed by atoms with Gasteiger partial charge in [0.2, 0.25) is 0 Å². The van der Waals surface area contributed by atoms with Gasteiger partial charge in [0.25, 0.3) is 0 Å². The zero-order chi connectivity index (χ0) is 25.7. The molecule has 0 heterocycles. The van der Waals surface area contributed by atoms with E-state index >= 15 is 0 Å². The van der Waals surface area contributed by atoms with Gasteiger partial charge in [-0.15, -0.1) is 0 Å². The minimum absolute atomic E-state index is 0.00791. The van der Waals surface area contributed by atoms with Gasteiger partial charge in [0.1, 0.15) is 25.3 Å². The Morgan fingerprint density at radius 1 is 1.00 bits per heavy atom. The number of rotatable bonds is 21. The van der Waals surface area contributed by atoms with Gasteiger partial charge >= 0.3 is 0 Å². The molecule has 10 heteroatoms. The molecule has 0 aliphatic carbocycles. The molecule has 0 aliphatic heterocycles. The summed E-state index contributed by atoms with van der Waals surface area (Å²) in [7, 11) is 1.87. The van der Waals surface area contributed by atoms with Gasteiger partial charge in [0, 0.05) is 18.8 Å². The molecule has 0 bridgehead atoms. The lowest BCUT2D eigenvalue weighted by atomic mass is 10.1. The van der Waals surface area contributed by atoms with Crippen molar-refractivity contribution < 1.29 is 33.6 Å². The zero-order valence-corrected chi connectivity index (χ0v) is 21.0. The summed E-state index contributed by atoms with van der Waals surface area (Å²) >= 11 is 0. The lowest BCUT2D eigenvalue weighted by Crippen LogP contribution is -2.24. The summed E-state index contributed by atoms with van der Waals surface area (Å²) < 4.78 is 20.3. The van der Waals surface area contributed by atoms with Crippen LogP contribution in [0.15, 0.2) is 24.6 Å². The smallest absolute Gasteiger partial charge is 0.155 e. The first-order valence-corrected chi connectivity index (χ1v) is 11.3. The van der Waals surface area contributed by atoms with E-state index in [2.05, 4.69) is 23.8 Å². The van der Waals surface area contributed by atoms with Crippen LogP contribution in [0.4, 0.5) is 0 Å². The van der Waals surface area contributed by atoms with E-state index in [4.69, 9.17) is 29.8 Å². The van der Waals surface area contributed by atoms with E-state index in [1.165, 1.54) is 6.92 Å². The first-order valence-electron chi connectivity index (χ1n) is 11.3. The van der Waals surface area contributed by atoms with Crippen LogP contribution in [-0.2, 0) is 28.5 Å². The van der Waals surface area contributed by atoms with E-state index in [-0.39, 0.29) is 24.8 Å². The summed E-state index contributed by atoms with van der Waals surface area (Å²) in [5.41, 5.74) is 6.46. The molecule has 0 rings (SSSR count). The highest BCUT2D eigenvalue weighted by Crippen LogP contribution is 2.05. The number of aldehydes is 1. The number of likely N-dealkylation sites (N-methyl/N-ethyl adjacent to an activating group) is 1. The summed E-state index contributed by atoms with van der Waals surface area (Å²) in [6, 6.07) is -0.412. The highest BCUT2D eigenvalue weighted by Gasteiger charge is 2.05. The highest BCUT2D eigenvalue weighted by molar-refractivity contribution is 5.76. The Balaban J connectivity index is -0.000000553. The molecule has 196 valence electrons. The number of carbonyl (C=O) groups excluding carboxylic acids is 2. The quantitative estimate of drug-likeness (QED) is 0.109. The van der Waals surface area contributed by atoms with Crippen molar-refractivity contribution in [2.45, 2.75) is 39.7 Å². The molecule has 0 spiro atoms. The molecular weight excluding hydrogens is 430 g/mol. The van der Waals surface area contributed by atoms with Crippen LogP contribution >= 0.6 is 0 Å². The van der Waals surface area contributed by atoms with Crippen molar-refractivity contribution in [2.75, 3.05) is 73.0 Å². The third-order valence-corrected chi connectivity index (χ3v) is 3.54. The first-order chi connectivity index (χ1) is 15.8. The summed E-state index contributed by atoms with van der Waals surface area (Å²) in [5.74, 6) is 0.0386. The molecule has 33 heavy (non-hydrogen) atoms. The molecule has 1 unspecified atom stereocenters. The third kappa shape index (κ3) is 35.0. The van der Waals surface area contributed by atoms with Crippen molar-refractivity contribution in [2.24, 2.45) is 5.73 Å². The molecule has 0 saturated heterocycles. The van der Waals surface area contributed by atoms with Crippen LogP contribution in [-0.4, -0.2) is 96.2 Å². The van der Waals surface area contributed by atoms with E-state index in [1.807, 2.05) is 20.9 Å². The molecular formula is C23H47N3O7. The Morgan fingerprint density at radius 3 is 2.06 bits per heavy atom. The first kappa shape index (κ1) is 35.8. The lowest BCUT2D eigenvalue weighted by molar-refractivity contribution is -0.122. The Morgan fingerprint density at radius 2 is 1.55 bits per heavy atom. The number of ether oxygens (including phenoxy) is 4. The molecule has 0 aromatic carbocycles. The number of nitrogens with one attached hydrogen (secondary N) is 2. The van der Waals surface area contributed by atoms with Gasteiger partial charge in [0.15, 0.2) is 5.78 Å². The summed E-state index contributed by atoms with van der Waals surface area (Å²) in [6.07, 6.45) is 1.97. The number of aliphatic hydroxyl groups excluding tert-OH is 1. The monoisotopic (exact) mass is 477 g/mol. The second-order valence-electron chi connectivity index (χ2n) is 6.49. The number of carbonyl (C=O) groups is 2. The van der Waals surface area contributed by atoms with Crippen molar-refractivity contribution in [1.29, 1.82) is 0 Å². The van der Waals surface area contributed by atoms with Crippen LogP contribution < -0.4 is 16.4 Å². The van der Waals surface area contributed by atoms with Gasteiger partial charge < -0.3 is 45.2 Å². The average Bonchev–Trinajstić information content (AvgIpc) is 2.80. The molecule has 10 nitrogen and oxygen atoms in total. The second kappa shape index (κ2) is 30.2. The predicted molar refractivity (Wildman–Crippen MR) is 131 cm³/mol. The number of Topliss-reactive ketones (excluding diaryl/α,β-unsaturated/α-hetero) is 1. The molecule has 0 aromatic rings. The van der Waals surface area contributed by atoms with E-state index in [0.717, 1.165) is 12.2 Å². The Hall–Kier alpha value is -1.82. The summed E-state index contributed by atoms with van der Waals surface area (Å²) in [4.78, 5) is 20.4. The van der Waals surface area contributed by atoms with Crippen LogP contribution in [0.2, 0.25) is 0 Å². The van der Waals surface area contributed by atoms with E-state index < -0.39 is 6.04 Å². The SMILES string of the molecule is C=C(CCC(N)C(=C)O)NCCOCCOCC=O.CC.CNCCOCCOCC(C)=O. The van der Waals surface area contributed by atoms with Gasteiger partial charge in [-0.3, -0.25) is 4.79 Å². The molecule has 0 aliphatic rings.